The fourth-order valence-electron chi connectivity index (χ4n) is 3.18. The first-order valence-corrected chi connectivity index (χ1v) is 11.1. The van der Waals surface area contributed by atoms with E-state index in [-0.39, 0.29) is 24.4 Å². The van der Waals surface area contributed by atoms with Gasteiger partial charge in [0.1, 0.15) is 4.21 Å². The number of hydrogen-bond donors (Lipinski definition) is 1. The summed E-state index contributed by atoms with van der Waals surface area (Å²) < 4.78 is 27.2. The Balaban J connectivity index is 1.65. The second kappa shape index (κ2) is 7.90. The first-order chi connectivity index (χ1) is 12.4. The molecule has 2 aromatic rings. The van der Waals surface area contributed by atoms with E-state index in [0.29, 0.717) is 23.6 Å². The maximum absolute atomic E-state index is 12.7. The SMILES string of the molecule is Cc1ccc([C@H](C)NC(=O)[C@@H]2CCCN(S(=O)(=O)c3cccs3)C2)cc1. The second-order valence-corrected chi connectivity index (χ2v) is 9.89. The lowest BCUT2D eigenvalue weighted by atomic mass is 9.97. The standard InChI is InChI=1S/C19H24N2O3S2/c1-14-7-9-16(10-8-14)15(2)20-19(22)17-5-3-11-21(13-17)26(23,24)18-6-4-12-25-18/h4,6-10,12,15,17H,3,5,11,13H2,1-2H3,(H,20,22)/t15-,17+/m0/s1. The van der Waals surface area contributed by atoms with E-state index < -0.39 is 10.0 Å². The topological polar surface area (TPSA) is 66.5 Å². The Labute approximate surface area is 159 Å². The van der Waals surface area contributed by atoms with Crippen molar-refractivity contribution in [3.63, 3.8) is 0 Å². The summed E-state index contributed by atoms with van der Waals surface area (Å²) in [6, 6.07) is 11.3. The summed E-state index contributed by atoms with van der Waals surface area (Å²) in [5, 5.41) is 4.79. The number of sulfonamides is 1. The van der Waals surface area contributed by atoms with Crippen LogP contribution < -0.4 is 5.32 Å². The fourth-order valence-corrected chi connectivity index (χ4v) is 5.85. The predicted molar refractivity (Wildman–Crippen MR) is 104 cm³/mol. The molecule has 140 valence electrons. The summed E-state index contributed by atoms with van der Waals surface area (Å²) in [6.45, 7) is 4.69. The van der Waals surface area contributed by atoms with Gasteiger partial charge in [-0.1, -0.05) is 35.9 Å². The number of benzene rings is 1. The molecule has 5 nitrogen and oxygen atoms in total. The lowest BCUT2D eigenvalue weighted by Crippen LogP contribution is -2.45. The normalized spacial score (nSPS) is 19.8. The Morgan fingerprint density at radius 1 is 1.27 bits per heavy atom. The Hall–Kier alpha value is -1.70. The van der Waals surface area contributed by atoms with Crippen LogP contribution >= 0.6 is 11.3 Å². The minimum absolute atomic E-state index is 0.0795. The van der Waals surface area contributed by atoms with Crippen molar-refractivity contribution in [2.75, 3.05) is 13.1 Å². The van der Waals surface area contributed by atoms with Crippen molar-refractivity contribution in [3.05, 3.63) is 52.9 Å². The highest BCUT2D eigenvalue weighted by Gasteiger charge is 2.34. The van der Waals surface area contributed by atoms with E-state index in [4.69, 9.17) is 0 Å². The van der Waals surface area contributed by atoms with E-state index in [1.807, 2.05) is 38.1 Å². The monoisotopic (exact) mass is 392 g/mol. The number of thiophene rings is 1. The van der Waals surface area contributed by atoms with Crippen molar-refractivity contribution < 1.29 is 13.2 Å². The summed E-state index contributed by atoms with van der Waals surface area (Å²) in [7, 11) is -3.50. The number of carbonyl (C=O) groups is 1. The summed E-state index contributed by atoms with van der Waals surface area (Å²) in [5.74, 6) is -0.393. The average molecular weight is 393 g/mol. The van der Waals surface area contributed by atoms with Crippen molar-refractivity contribution in [1.82, 2.24) is 9.62 Å². The van der Waals surface area contributed by atoms with Crippen LogP contribution in [0.2, 0.25) is 0 Å². The van der Waals surface area contributed by atoms with Crippen LogP contribution in [0.3, 0.4) is 0 Å². The van der Waals surface area contributed by atoms with Crippen LogP contribution in [-0.2, 0) is 14.8 Å². The third-order valence-corrected chi connectivity index (χ3v) is 8.02. The minimum Gasteiger partial charge on any atom is -0.349 e. The maximum atomic E-state index is 12.7. The molecule has 0 bridgehead atoms. The van der Waals surface area contributed by atoms with Gasteiger partial charge in [-0.25, -0.2) is 8.42 Å². The molecule has 1 aromatic heterocycles. The van der Waals surface area contributed by atoms with Crippen LogP contribution in [0.25, 0.3) is 0 Å². The third kappa shape index (κ3) is 4.16. The van der Waals surface area contributed by atoms with Crippen LogP contribution in [-0.4, -0.2) is 31.7 Å². The summed E-state index contributed by atoms with van der Waals surface area (Å²) in [5.41, 5.74) is 2.22. The molecular formula is C19H24N2O3S2. The number of amides is 1. The molecule has 0 saturated carbocycles. The molecule has 3 rings (SSSR count). The second-order valence-electron chi connectivity index (χ2n) is 6.78. The average Bonchev–Trinajstić information content (AvgIpc) is 3.18. The number of piperidine rings is 1. The summed E-state index contributed by atoms with van der Waals surface area (Å²) in [6.07, 6.45) is 1.41. The lowest BCUT2D eigenvalue weighted by molar-refractivity contribution is -0.126. The Morgan fingerprint density at radius 3 is 2.65 bits per heavy atom. The summed E-state index contributed by atoms with van der Waals surface area (Å²) >= 11 is 1.21. The highest BCUT2D eigenvalue weighted by Crippen LogP contribution is 2.27. The van der Waals surface area contributed by atoms with Crippen molar-refractivity contribution in [2.45, 2.75) is 36.9 Å². The molecule has 0 spiro atoms. The number of nitrogens with one attached hydrogen (secondary N) is 1. The highest BCUT2D eigenvalue weighted by atomic mass is 32.2. The van der Waals surface area contributed by atoms with Gasteiger partial charge < -0.3 is 5.32 Å². The summed E-state index contributed by atoms with van der Waals surface area (Å²) in [4.78, 5) is 12.7. The number of nitrogens with zero attached hydrogens (tertiary/aromatic N) is 1. The Morgan fingerprint density at radius 2 is 2.00 bits per heavy atom. The zero-order valence-corrected chi connectivity index (χ0v) is 16.6. The Kier molecular flexibility index (Phi) is 5.79. The van der Waals surface area contributed by atoms with E-state index in [0.717, 1.165) is 5.56 Å². The van der Waals surface area contributed by atoms with Crippen LogP contribution in [0.5, 0.6) is 0 Å². The third-order valence-electron chi connectivity index (χ3n) is 4.78. The highest BCUT2D eigenvalue weighted by molar-refractivity contribution is 7.91. The van der Waals surface area contributed by atoms with E-state index >= 15 is 0 Å². The van der Waals surface area contributed by atoms with Gasteiger partial charge in [-0.05, 0) is 43.7 Å². The molecule has 1 amide bonds. The maximum Gasteiger partial charge on any atom is 0.252 e. The van der Waals surface area contributed by atoms with Gasteiger partial charge in [0.15, 0.2) is 0 Å². The van der Waals surface area contributed by atoms with E-state index in [2.05, 4.69) is 5.32 Å². The molecule has 1 N–H and O–H groups in total. The van der Waals surface area contributed by atoms with Crippen molar-refractivity contribution in [2.24, 2.45) is 5.92 Å². The molecule has 2 heterocycles. The zero-order chi connectivity index (χ0) is 18.7. The van der Waals surface area contributed by atoms with E-state index in [1.165, 1.54) is 21.2 Å². The van der Waals surface area contributed by atoms with Crippen molar-refractivity contribution >= 4 is 27.3 Å². The van der Waals surface area contributed by atoms with Gasteiger partial charge in [-0.2, -0.15) is 4.31 Å². The number of carbonyl (C=O) groups excluding carboxylic acids is 1. The fraction of sp³-hybridized carbons (Fsp3) is 0.421. The van der Waals surface area contributed by atoms with Gasteiger partial charge in [-0.15, -0.1) is 11.3 Å². The predicted octanol–water partition coefficient (Wildman–Crippen LogP) is 3.33. The first kappa shape index (κ1) is 19.1. The molecule has 0 unspecified atom stereocenters. The molecule has 0 radical (unpaired) electrons. The molecule has 1 aliphatic heterocycles. The van der Waals surface area contributed by atoms with Crippen molar-refractivity contribution in [3.8, 4) is 0 Å². The van der Waals surface area contributed by atoms with Gasteiger partial charge >= 0.3 is 0 Å². The largest absolute Gasteiger partial charge is 0.349 e. The van der Waals surface area contributed by atoms with Gasteiger partial charge in [0.05, 0.1) is 12.0 Å². The van der Waals surface area contributed by atoms with Gasteiger partial charge in [-0.3, -0.25) is 4.79 Å². The smallest absolute Gasteiger partial charge is 0.252 e. The molecule has 1 fully saturated rings. The molecule has 0 aliphatic carbocycles. The van der Waals surface area contributed by atoms with Crippen LogP contribution in [0, 0.1) is 12.8 Å². The molecule has 26 heavy (non-hydrogen) atoms. The van der Waals surface area contributed by atoms with Crippen LogP contribution in [0.1, 0.15) is 36.9 Å². The number of aryl methyl sites for hydroxylation is 1. The first-order valence-electron chi connectivity index (χ1n) is 8.78. The van der Waals surface area contributed by atoms with E-state index in [1.54, 1.807) is 17.5 Å². The number of hydrogen-bond acceptors (Lipinski definition) is 4. The van der Waals surface area contributed by atoms with Crippen LogP contribution in [0.15, 0.2) is 46.0 Å². The van der Waals surface area contributed by atoms with Gasteiger partial charge in [0.2, 0.25) is 5.91 Å². The quantitative estimate of drug-likeness (QED) is 0.849. The van der Waals surface area contributed by atoms with Gasteiger partial charge in [0, 0.05) is 13.1 Å². The Bertz CT molecular complexity index is 845. The molecule has 1 aromatic carbocycles. The van der Waals surface area contributed by atoms with Gasteiger partial charge in [0.25, 0.3) is 10.0 Å². The molecule has 2 atom stereocenters. The van der Waals surface area contributed by atoms with Crippen LogP contribution in [0.4, 0.5) is 0 Å². The molecular weight excluding hydrogens is 368 g/mol. The minimum atomic E-state index is -3.50. The van der Waals surface area contributed by atoms with E-state index in [9.17, 15) is 13.2 Å². The number of rotatable bonds is 5. The van der Waals surface area contributed by atoms with Crippen molar-refractivity contribution in [1.29, 1.82) is 0 Å². The lowest BCUT2D eigenvalue weighted by Gasteiger charge is -2.31. The molecule has 7 heteroatoms. The molecule has 1 saturated heterocycles. The molecule has 1 aliphatic rings. The zero-order valence-electron chi connectivity index (χ0n) is 15.0.